The summed E-state index contributed by atoms with van der Waals surface area (Å²) in [7, 11) is 3.38. The van der Waals surface area contributed by atoms with Gasteiger partial charge in [-0.15, -0.1) is 0 Å². The van der Waals surface area contributed by atoms with E-state index < -0.39 is 5.60 Å². The number of para-hydroxylation sites is 1. The van der Waals surface area contributed by atoms with Gasteiger partial charge in [0.05, 0.1) is 23.6 Å². The van der Waals surface area contributed by atoms with Crippen molar-refractivity contribution in [2.24, 2.45) is 0 Å². The van der Waals surface area contributed by atoms with Gasteiger partial charge in [0.2, 0.25) is 5.91 Å². The molecule has 0 bridgehead atoms. The molecule has 0 heterocycles. The van der Waals surface area contributed by atoms with Gasteiger partial charge in [-0.1, -0.05) is 24.3 Å². The molecule has 6 heteroatoms. The Morgan fingerprint density at radius 1 is 1.19 bits per heavy atom. The zero-order valence-electron chi connectivity index (χ0n) is 16.2. The number of hydrogen-bond donors (Lipinski definition) is 1. The summed E-state index contributed by atoms with van der Waals surface area (Å²) in [6.45, 7) is 3.95. The van der Waals surface area contributed by atoms with Crippen molar-refractivity contribution < 1.29 is 19.4 Å². The Morgan fingerprint density at radius 2 is 1.85 bits per heavy atom. The van der Waals surface area contributed by atoms with Crippen molar-refractivity contribution in [2.75, 3.05) is 20.8 Å². The van der Waals surface area contributed by atoms with Gasteiger partial charge in [-0.25, -0.2) is 0 Å². The maximum Gasteiger partial charge on any atom is 0.227 e. The van der Waals surface area contributed by atoms with E-state index in [1.54, 1.807) is 32.9 Å². The van der Waals surface area contributed by atoms with Crippen molar-refractivity contribution in [1.29, 1.82) is 0 Å². The van der Waals surface area contributed by atoms with Crippen molar-refractivity contribution in [2.45, 2.75) is 32.4 Å². The second-order valence-corrected chi connectivity index (χ2v) is 7.96. The quantitative estimate of drug-likeness (QED) is 0.684. The van der Waals surface area contributed by atoms with Crippen molar-refractivity contribution >= 4 is 21.8 Å². The summed E-state index contributed by atoms with van der Waals surface area (Å²) in [6.07, 6.45) is 0.314. The summed E-state index contributed by atoms with van der Waals surface area (Å²) < 4.78 is 11.7. The lowest BCUT2D eigenvalue weighted by Crippen LogP contribution is -2.30. The van der Waals surface area contributed by atoms with Crippen molar-refractivity contribution in [3.05, 3.63) is 58.1 Å². The monoisotopic (exact) mass is 435 g/mol. The van der Waals surface area contributed by atoms with Crippen LogP contribution in [0, 0.1) is 0 Å². The van der Waals surface area contributed by atoms with E-state index in [2.05, 4.69) is 15.9 Å². The van der Waals surface area contributed by atoms with Gasteiger partial charge in [-0.05, 0) is 53.5 Å². The number of rotatable bonds is 8. The van der Waals surface area contributed by atoms with Crippen LogP contribution in [0.25, 0.3) is 0 Å². The summed E-state index contributed by atoms with van der Waals surface area (Å²) in [4.78, 5) is 14.3. The normalized spacial score (nSPS) is 11.2. The average Bonchev–Trinajstić information content (AvgIpc) is 2.61. The highest BCUT2D eigenvalue weighted by atomic mass is 79.9. The van der Waals surface area contributed by atoms with Crippen LogP contribution in [0.15, 0.2) is 46.9 Å². The summed E-state index contributed by atoms with van der Waals surface area (Å²) in [5, 5.41) is 9.92. The molecule has 0 spiro atoms. The number of carbonyl (C=O) groups excluding carboxylic acids is 1. The minimum Gasteiger partial charge on any atom is -0.497 e. The molecule has 0 aliphatic rings. The van der Waals surface area contributed by atoms with Crippen molar-refractivity contribution in [1.82, 2.24) is 4.90 Å². The Balaban J connectivity index is 2.06. The lowest BCUT2D eigenvalue weighted by atomic mass is 10.1. The first kappa shape index (κ1) is 21.3. The Bertz CT molecular complexity index is 769. The Labute approximate surface area is 169 Å². The van der Waals surface area contributed by atoms with E-state index in [4.69, 9.17) is 9.47 Å². The Hall–Kier alpha value is -2.05. The van der Waals surface area contributed by atoms with Crippen LogP contribution < -0.4 is 9.47 Å². The van der Waals surface area contributed by atoms with Gasteiger partial charge >= 0.3 is 0 Å². The highest BCUT2D eigenvalue weighted by Gasteiger charge is 2.18. The van der Waals surface area contributed by atoms with Gasteiger partial charge in [0.25, 0.3) is 0 Å². The van der Waals surface area contributed by atoms with Crippen molar-refractivity contribution in [3.8, 4) is 11.5 Å². The molecule has 146 valence electrons. The van der Waals surface area contributed by atoms with E-state index in [9.17, 15) is 9.90 Å². The molecule has 0 fully saturated rings. The molecule has 1 amide bonds. The van der Waals surface area contributed by atoms with E-state index in [1.807, 2.05) is 42.5 Å². The predicted octanol–water partition coefficient (Wildman–Crippen LogP) is 3.81. The predicted molar refractivity (Wildman–Crippen MR) is 109 cm³/mol. The zero-order chi connectivity index (χ0) is 20.0. The van der Waals surface area contributed by atoms with E-state index in [1.165, 1.54) is 0 Å². The molecular formula is C21H26BrNO4. The number of aliphatic hydroxyl groups is 1. The van der Waals surface area contributed by atoms with Gasteiger partial charge in [0, 0.05) is 19.2 Å². The second-order valence-electron chi connectivity index (χ2n) is 7.10. The molecule has 0 atom stereocenters. The fourth-order valence-electron chi connectivity index (χ4n) is 2.49. The number of halogens is 1. The first-order chi connectivity index (χ1) is 12.7. The second kappa shape index (κ2) is 9.24. The minimum absolute atomic E-state index is 0.00794. The number of ether oxygens (including phenoxy) is 2. The number of hydrogen-bond acceptors (Lipinski definition) is 4. The highest BCUT2D eigenvalue weighted by Crippen LogP contribution is 2.30. The molecule has 0 unspecified atom stereocenters. The number of carbonyl (C=O) groups is 1. The topological polar surface area (TPSA) is 59.0 Å². The van der Waals surface area contributed by atoms with Gasteiger partial charge in [-0.2, -0.15) is 0 Å². The molecule has 0 aliphatic heterocycles. The summed E-state index contributed by atoms with van der Waals surface area (Å²) >= 11 is 3.49. The van der Waals surface area contributed by atoms with Crippen LogP contribution >= 0.6 is 15.9 Å². The minimum atomic E-state index is -0.942. The van der Waals surface area contributed by atoms with Crippen LogP contribution in [0.2, 0.25) is 0 Å². The van der Waals surface area contributed by atoms with Crippen molar-refractivity contribution in [3.63, 3.8) is 0 Å². The fraction of sp³-hybridized carbons (Fsp3) is 0.381. The molecule has 0 saturated carbocycles. The maximum atomic E-state index is 12.6. The molecule has 2 aromatic carbocycles. The summed E-state index contributed by atoms with van der Waals surface area (Å²) in [6, 6.07) is 13.2. The van der Waals surface area contributed by atoms with Gasteiger partial charge < -0.3 is 19.5 Å². The standard InChI is InChI=1S/C21H26BrNO4/c1-21(2,25)14-27-20-16(6-5-7-18(20)22)13-23(3)19(24)12-15-8-10-17(26-4)11-9-15/h5-11,25H,12-14H2,1-4H3. The number of methoxy groups -OCH3 is 1. The van der Waals surface area contributed by atoms with E-state index in [0.717, 1.165) is 21.3 Å². The van der Waals surface area contributed by atoms with Crippen LogP contribution in [-0.4, -0.2) is 42.3 Å². The molecule has 1 N–H and O–H groups in total. The third-order valence-corrected chi connectivity index (χ3v) is 4.59. The first-order valence-electron chi connectivity index (χ1n) is 8.69. The highest BCUT2D eigenvalue weighted by molar-refractivity contribution is 9.10. The van der Waals surface area contributed by atoms with Gasteiger partial charge in [0.15, 0.2) is 0 Å². The molecule has 2 rings (SSSR count). The maximum absolute atomic E-state index is 12.6. The molecule has 0 aliphatic carbocycles. The third-order valence-electron chi connectivity index (χ3n) is 3.97. The van der Waals surface area contributed by atoms with Crippen LogP contribution in [0.5, 0.6) is 11.5 Å². The third kappa shape index (κ3) is 6.56. The number of nitrogens with zero attached hydrogens (tertiary/aromatic N) is 1. The molecule has 2 aromatic rings. The lowest BCUT2D eigenvalue weighted by Gasteiger charge is -2.23. The van der Waals surface area contributed by atoms with Crippen LogP contribution in [-0.2, 0) is 17.8 Å². The largest absolute Gasteiger partial charge is 0.497 e. The lowest BCUT2D eigenvalue weighted by molar-refractivity contribution is -0.129. The SMILES string of the molecule is COc1ccc(CC(=O)N(C)Cc2cccc(Br)c2OCC(C)(C)O)cc1. The van der Waals surface area contributed by atoms with Gasteiger partial charge in [0.1, 0.15) is 18.1 Å². The molecule has 0 aromatic heterocycles. The van der Waals surface area contributed by atoms with E-state index in [-0.39, 0.29) is 12.5 Å². The number of likely N-dealkylation sites (N-methyl/N-ethyl adjacent to an activating group) is 1. The van der Waals surface area contributed by atoms with Crippen LogP contribution in [0.1, 0.15) is 25.0 Å². The Morgan fingerprint density at radius 3 is 2.44 bits per heavy atom. The average molecular weight is 436 g/mol. The van der Waals surface area contributed by atoms with E-state index >= 15 is 0 Å². The first-order valence-corrected chi connectivity index (χ1v) is 9.48. The fourth-order valence-corrected chi connectivity index (χ4v) is 3.01. The summed E-state index contributed by atoms with van der Waals surface area (Å²) in [5.41, 5.74) is 0.863. The molecule has 27 heavy (non-hydrogen) atoms. The molecule has 5 nitrogen and oxygen atoms in total. The number of amides is 1. The molecule has 0 saturated heterocycles. The molecule has 0 radical (unpaired) electrons. The van der Waals surface area contributed by atoms with E-state index in [0.29, 0.717) is 18.7 Å². The Kier molecular flexibility index (Phi) is 7.27. The van der Waals surface area contributed by atoms with Crippen LogP contribution in [0.4, 0.5) is 0 Å². The smallest absolute Gasteiger partial charge is 0.227 e. The zero-order valence-corrected chi connectivity index (χ0v) is 17.7. The number of benzene rings is 2. The van der Waals surface area contributed by atoms with Gasteiger partial charge in [-0.3, -0.25) is 4.79 Å². The molecular weight excluding hydrogens is 410 g/mol. The summed E-state index contributed by atoms with van der Waals surface area (Å²) in [5.74, 6) is 1.42. The van der Waals surface area contributed by atoms with Crippen LogP contribution in [0.3, 0.4) is 0 Å².